The number of ether oxygens (including phenoxy) is 4. The van der Waals surface area contributed by atoms with Crippen molar-refractivity contribution in [3.05, 3.63) is 86.5 Å². The normalized spacial score (nSPS) is 15.3. The number of amidine groups is 2. The number of rotatable bonds is 11. The van der Waals surface area contributed by atoms with Crippen LogP contribution in [0, 0.1) is 22.8 Å². The topological polar surface area (TPSA) is 106 Å². The monoisotopic (exact) mass is 696 g/mol. The predicted molar refractivity (Wildman–Crippen MR) is 174 cm³/mol. The first kappa shape index (κ1) is 29.6. The minimum Gasteiger partial charge on any atom is -0.490 e. The summed E-state index contributed by atoms with van der Waals surface area (Å²) in [6.45, 7) is 7.27. The van der Waals surface area contributed by atoms with Crippen LogP contribution in [0.4, 0.5) is 0 Å². The Morgan fingerprint density at radius 1 is 0.976 bits per heavy atom. The molecule has 2 heterocycles. The number of halogens is 1. The summed E-state index contributed by atoms with van der Waals surface area (Å²) in [6, 6.07) is 19.1. The number of hydrazone groups is 1. The fraction of sp³-hybridized carbons (Fsp3) is 0.226. The van der Waals surface area contributed by atoms with Gasteiger partial charge in [0, 0.05) is 0 Å². The molecule has 5 rings (SSSR count). The smallest absolute Gasteiger partial charge is 0.283 e. The van der Waals surface area contributed by atoms with Crippen molar-refractivity contribution in [2.24, 2.45) is 10.1 Å². The maximum absolute atomic E-state index is 12.9. The minimum absolute atomic E-state index is 0.0518. The number of carbonyl (C=O) groups is 1. The van der Waals surface area contributed by atoms with Gasteiger partial charge in [0.25, 0.3) is 5.91 Å². The molecule has 0 atom stereocenters. The number of benzene rings is 3. The minimum atomic E-state index is -0.504. The molecule has 3 aromatic rings. The summed E-state index contributed by atoms with van der Waals surface area (Å²) in [5.41, 5.74) is 3.00. The van der Waals surface area contributed by atoms with E-state index in [4.69, 9.17) is 24.4 Å². The van der Waals surface area contributed by atoms with E-state index in [1.165, 1.54) is 16.8 Å². The van der Waals surface area contributed by atoms with E-state index in [1.54, 1.807) is 12.1 Å². The van der Waals surface area contributed by atoms with E-state index in [0.717, 1.165) is 20.4 Å². The molecule has 2 aliphatic rings. The molecule has 0 saturated heterocycles. The third kappa shape index (κ3) is 6.96. The first-order chi connectivity index (χ1) is 20.3. The van der Waals surface area contributed by atoms with Gasteiger partial charge in [0.05, 0.1) is 15.8 Å². The van der Waals surface area contributed by atoms with Crippen LogP contribution in [0.15, 0.2) is 76.3 Å². The number of nitrogens with zero attached hydrogens (tertiary/aromatic N) is 3. The molecule has 216 valence electrons. The van der Waals surface area contributed by atoms with Crippen molar-refractivity contribution in [2.45, 2.75) is 20.8 Å². The van der Waals surface area contributed by atoms with E-state index < -0.39 is 5.91 Å². The molecule has 0 aliphatic carbocycles. The molecule has 2 aliphatic heterocycles. The lowest BCUT2D eigenvalue weighted by Crippen LogP contribution is -2.35. The Kier molecular flexibility index (Phi) is 9.48. The second-order valence-electron chi connectivity index (χ2n) is 9.34. The molecule has 11 heteroatoms. The molecule has 42 heavy (non-hydrogen) atoms. The summed E-state index contributed by atoms with van der Waals surface area (Å²) in [4.78, 5) is 17.1. The van der Waals surface area contributed by atoms with Gasteiger partial charge < -0.3 is 18.9 Å². The van der Waals surface area contributed by atoms with E-state index in [-0.39, 0.29) is 18.0 Å². The first-order valence-electron chi connectivity index (χ1n) is 13.3. The predicted octanol–water partition coefficient (Wildman–Crippen LogP) is 6.46. The average Bonchev–Trinajstić information content (AvgIpc) is 3.38. The Balaban J connectivity index is 1.29. The highest BCUT2D eigenvalue weighted by Crippen LogP contribution is 2.36. The van der Waals surface area contributed by atoms with Gasteiger partial charge in [-0.3, -0.25) is 10.2 Å². The average molecular weight is 697 g/mol. The molecule has 0 unspecified atom stereocenters. The van der Waals surface area contributed by atoms with Crippen LogP contribution in [-0.2, 0) is 4.79 Å². The van der Waals surface area contributed by atoms with Crippen molar-refractivity contribution in [3.8, 4) is 23.0 Å². The Morgan fingerprint density at radius 2 is 1.76 bits per heavy atom. The number of carbonyl (C=O) groups excluding carboxylic acids is 1. The van der Waals surface area contributed by atoms with E-state index >= 15 is 0 Å². The molecule has 0 bridgehead atoms. The molecule has 0 spiro atoms. The van der Waals surface area contributed by atoms with Crippen LogP contribution in [-0.4, -0.2) is 53.4 Å². The number of nitrogens with one attached hydrogen (secondary N) is 1. The van der Waals surface area contributed by atoms with E-state index in [2.05, 4.69) is 38.8 Å². The van der Waals surface area contributed by atoms with Gasteiger partial charge in [-0.25, -0.2) is 0 Å². The maximum Gasteiger partial charge on any atom is 0.283 e. The number of hydrogen-bond donors (Lipinski definition) is 1. The standard InChI is InChI=1S/C31H29IN4O5S/c1-4-38-26-17-21(16-24(32)28(26)40-13-12-39-25-14-19(2)10-11-20(25)3)15-23-29(33)36-31(34-30(23)37)42-27(35-36)18-41-22-8-6-5-7-9-22/h5-11,14-17,33H,4,12-13,18H2,1-3H3/b23-15-,33-29?. The first-order valence-corrected chi connectivity index (χ1v) is 15.2. The third-order valence-corrected chi connectivity index (χ3v) is 7.86. The number of amides is 1. The van der Waals surface area contributed by atoms with Crippen molar-refractivity contribution in [2.75, 3.05) is 26.4 Å². The quantitative estimate of drug-likeness (QED) is 0.139. The Hall–Kier alpha value is -3.84. The summed E-state index contributed by atoms with van der Waals surface area (Å²) in [7, 11) is 0. The highest BCUT2D eigenvalue weighted by atomic mass is 127. The van der Waals surface area contributed by atoms with Gasteiger partial charge >= 0.3 is 0 Å². The largest absolute Gasteiger partial charge is 0.490 e. The zero-order valence-electron chi connectivity index (χ0n) is 23.3. The molecule has 9 nitrogen and oxygen atoms in total. The van der Waals surface area contributed by atoms with Crippen LogP contribution in [0.5, 0.6) is 23.0 Å². The molecule has 0 aromatic heterocycles. The third-order valence-electron chi connectivity index (χ3n) is 6.18. The lowest BCUT2D eigenvalue weighted by molar-refractivity contribution is -0.114. The van der Waals surface area contributed by atoms with Crippen molar-refractivity contribution in [1.82, 2.24) is 5.01 Å². The number of fused-ring (bicyclic) bond motifs is 1. The second kappa shape index (κ2) is 13.4. The Bertz CT molecular complexity index is 1610. The van der Waals surface area contributed by atoms with Gasteiger partial charge in [-0.05, 0) is 108 Å². The van der Waals surface area contributed by atoms with E-state index in [0.29, 0.717) is 52.8 Å². The highest BCUT2D eigenvalue weighted by molar-refractivity contribution is 14.1. The summed E-state index contributed by atoms with van der Waals surface area (Å²) >= 11 is 3.40. The fourth-order valence-electron chi connectivity index (χ4n) is 4.15. The van der Waals surface area contributed by atoms with Crippen molar-refractivity contribution in [3.63, 3.8) is 0 Å². The second-order valence-corrected chi connectivity index (χ2v) is 11.5. The Labute approximate surface area is 262 Å². The van der Waals surface area contributed by atoms with Crippen molar-refractivity contribution >= 4 is 62.4 Å². The number of thioether (sulfide) groups is 1. The number of para-hydroxylation sites is 1. The fourth-order valence-corrected chi connectivity index (χ4v) is 5.73. The van der Waals surface area contributed by atoms with Crippen LogP contribution in [0.25, 0.3) is 6.08 Å². The van der Waals surface area contributed by atoms with Crippen molar-refractivity contribution in [1.29, 1.82) is 5.41 Å². The lowest BCUT2D eigenvalue weighted by atomic mass is 10.1. The summed E-state index contributed by atoms with van der Waals surface area (Å²) in [5, 5.41) is 15.5. The Morgan fingerprint density at radius 3 is 2.55 bits per heavy atom. The van der Waals surface area contributed by atoms with Gasteiger partial charge in [-0.2, -0.15) is 15.1 Å². The summed E-state index contributed by atoms with van der Waals surface area (Å²) in [5.74, 6) is 2.12. The molecular formula is C31H29IN4O5S. The molecule has 3 aromatic carbocycles. The van der Waals surface area contributed by atoms with Crippen LogP contribution in [0.2, 0.25) is 0 Å². The van der Waals surface area contributed by atoms with Gasteiger partial charge in [0.2, 0.25) is 5.17 Å². The van der Waals surface area contributed by atoms with Crippen LogP contribution >= 0.6 is 34.4 Å². The SMILES string of the molecule is CCOc1cc(/C=C2/C(=N)N3N=C(COc4ccccc4)SC3=NC2=O)cc(I)c1OCCOc1cc(C)ccc1C. The summed E-state index contributed by atoms with van der Waals surface area (Å²) in [6.07, 6.45) is 1.63. The molecule has 0 fully saturated rings. The van der Waals surface area contributed by atoms with Crippen LogP contribution < -0.4 is 18.9 Å². The van der Waals surface area contributed by atoms with Crippen LogP contribution in [0.1, 0.15) is 23.6 Å². The van der Waals surface area contributed by atoms with Gasteiger partial charge in [-0.1, -0.05) is 30.3 Å². The van der Waals surface area contributed by atoms with Crippen molar-refractivity contribution < 1.29 is 23.7 Å². The molecule has 0 radical (unpaired) electrons. The van der Waals surface area contributed by atoms with E-state index in [9.17, 15) is 4.79 Å². The molecule has 1 amide bonds. The molecule has 1 N–H and O–H groups in total. The zero-order valence-corrected chi connectivity index (χ0v) is 26.3. The van der Waals surface area contributed by atoms with E-state index in [1.807, 2.05) is 69.3 Å². The maximum atomic E-state index is 12.9. The van der Waals surface area contributed by atoms with Gasteiger partial charge in [0.15, 0.2) is 17.3 Å². The molecular weight excluding hydrogens is 667 g/mol. The number of aliphatic imine (C=N–C) groups is 1. The van der Waals surface area contributed by atoms with Gasteiger partial charge in [-0.15, -0.1) is 0 Å². The number of aryl methyl sites for hydroxylation is 2. The van der Waals surface area contributed by atoms with Gasteiger partial charge in [0.1, 0.15) is 36.4 Å². The molecule has 0 saturated carbocycles. The van der Waals surface area contributed by atoms with Crippen LogP contribution in [0.3, 0.4) is 0 Å². The zero-order chi connectivity index (χ0) is 29.6. The highest BCUT2D eigenvalue weighted by Gasteiger charge is 2.36. The lowest BCUT2D eigenvalue weighted by Gasteiger charge is -2.20. The number of hydrogen-bond acceptors (Lipinski definition) is 8. The summed E-state index contributed by atoms with van der Waals surface area (Å²) < 4.78 is 24.5.